The summed E-state index contributed by atoms with van der Waals surface area (Å²) in [6.45, 7) is 21.2. The third kappa shape index (κ3) is 9.43. The van der Waals surface area contributed by atoms with Crippen LogP contribution in [0.5, 0.6) is 0 Å². The summed E-state index contributed by atoms with van der Waals surface area (Å²) in [4.78, 5) is 16.9. The number of thiophene rings is 1. The van der Waals surface area contributed by atoms with Crippen LogP contribution in [0.3, 0.4) is 0 Å². The number of carbonyl (C=O) groups excluding carboxylic acids is 1. The van der Waals surface area contributed by atoms with Crippen molar-refractivity contribution < 1.29 is 43.2 Å². The zero-order valence-electron chi connectivity index (χ0n) is 33.1. The molecule has 8 heteroatoms. The Morgan fingerprint density at radius 1 is 0.811 bits per heavy atom. The van der Waals surface area contributed by atoms with Crippen molar-refractivity contribution in [3.8, 4) is 11.3 Å². The monoisotopic (exact) mass is 923 g/mol. The summed E-state index contributed by atoms with van der Waals surface area (Å²) in [7, 11) is 0. The van der Waals surface area contributed by atoms with Crippen molar-refractivity contribution in [2.24, 2.45) is 16.2 Å². The molecule has 2 aromatic heterocycles. The second-order valence-electron chi connectivity index (χ2n) is 16.3. The van der Waals surface area contributed by atoms with Crippen LogP contribution in [-0.4, -0.2) is 22.1 Å². The fourth-order valence-electron chi connectivity index (χ4n) is 6.32. The van der Waals surface area contributed by atoms with Crippen molar-refractivity contribution in [3.05, 3.63) is 89.8 Å². The molecule has 0 atom stereocenters. The number of aliphatic hydroxyl groups excluding tert-OH is 1. The van der Waals surface area contributed by atoms with E-state index >= 15 is 0 Å². The quantitative estimate of drug-likeness (QED) is 0.0863. The summed E-state index contributed by atoms with van der Waals surface area (Å²) < 4.78 is 42.4. The van der Waals surface area contributed by atoms with E-state index in [9.17, 15) is 23.1 Å². The summed E-state index contributed by atoms with van der Waals surface area (Å²) >= 11 is 1.59. The van der Waals surface area contributed by atoms with Crippen LogP contribution >= 0.6 is 11.3 Å². The van der Waals surface area contributed by atoms with Gasteiger partial charge in [-0.3, -0.25) is 9.78 Å². The second kappa shape index (κ2) is 16.8. The molecule has 5 aromatic rings. The Morgan fingerprint density at radius 2 is 1.42 bits per heavy atom. The number of rotatable bonds is 10. The number of allylic oxidation sites excluding steroid dienone is 2. The molecule has 0 aliphatic carbocycles. The van der Waals surface area contributed by atoms with Gasteiger partial charge in [-0.15, -0.1) is 40.5 Å². The van der Waals surface area contributed by atoms with Gasteiger partial charge in [0.1, 0.15) is 5.76 Å². The van der Waals surface area contributed by atoms with Gasteiger partial charge in [-0.05, 0) is 66.0 Å². The molecule has 0 amide bonds. The smallest absolute Gasteiger partial charge is 0.394 e. The predicted octanol–water partition coefficient (Wildman–Crippen LogP) is 14.1. The third-order valence-electron chi connectivity index (χ3n) is 11.3. The van der Waals surface area contributed by atoms with Crippen LogP contribution in [0.2, 0.25) is 0 Å². The molecule has 0 fully saturated rings. The molecule has 0 spiro atoms. The first-order chi connectivity index (χ1) is 24.1. The van der Waals surface area contributed by atoms with E-state index in [1.165, 1.54) is 30.9 Å². The number of fused-ring (bicyclic) bond motifs is 4. The molecule has 5 rings (SSSR count). The minimum absolute atomic E-state index is 0. The largest absolute Gasteiger partial charge is 0.512 e. The normalized spacial score (nSPS) is 13.2. The minimum atomic E-state index is -4.25. The van der Waals surface area contributed by atoms with Gasteiger partial charge in [0.15, 0.2) is 5.78 Å². The second-order valence-corrected chi connectivity index (χ2v) is 17.4. The van der Waals surface area contributed by atoms with Crippen molar-refractivity contribution >= 4 is 48.1 Å². The first kappa shape index (κ1) is 44.3. The molecule has 0 aliphatic heterocycles. The number of pyridine rings is 1. The van der Waals surface area contributed by atoms with Crippen LogP contribution < -0.4 is 0 Å². The van der Waals surface area contributed by atoms with Crippen LogP contribution in [-0.2, 0) is 36.7 Å². The number of alkyl halides is 3. The number of aromatic nitrogens is 1. The zero-order chi connectivity index (χ0) is 38.9. The Morgan fingerprint density at radius 3 is 1.98 bits per heavy atom. The van der Waals surface area contributed by atoms with Gasteiger partial charge in [0.05, 0.1) is 5.41 Å². The van der Waals surface area contributed by atoms with Gasteiger partial charge >= 0.3 is 6.18 Å². The zero-order valence-corrected chi connectivity index (χ0v) is 36.3. The first-order valence-corrected chi connectivity index (χ1v) is 19.2. The van der Waals surface area contributed by atoms with Crippen LogP contribution in [0.4, 0.5) is 13.2 Å². The molecule has 0 saturated carbocycles. The number of aliphatic hydroxyl groups is 1. The maximum absolute atomic E-state index is 13.5. The van der Waals surface area contributed by atoms with Crippen molar-refractivity contribution in [1.29, 1.82) is 0 Å². The van der Waals surface area contributed by atoms with Crippen molar-refractivity contribution in [2.75, 3.05) is 0 Å². The molecule has 0 unspecified atom stereocenters. The Balaban J connectivity index is 0.000000359. The van der Waals surface area contributed by atoms with Gasteiger partial charge in [0.2, 0.25) is 0 Å². The van der Waals surface area contributed by atoms with E-state index in [2.05, 4.69) is 45.0 Å². The maximum atomic E-state index is 13.5. The summed E-state index contributed by atoms with van der Waals surface area (Å²) in [5.41, 5.74) is 1.27. The third-order valence-corrected chi connectivity index (χ3v) is 12.5. The molecular formula is C45H55F3IrNO2S-. The van der Waals surface area contributed by atoms with Gasteiger partial charge < -0.3 is 5.11 Å². The Hall–Kier alpha value is -3.06. The van der Waals surface area contributed by atoms with Crippen LogP contribution in [0, 0.1) is 22.3 Å². The minimum Gasteiger partial charge on any atom is -0.512 e. The summed E-state index contributed by atoms with van der Waals surface area (Å²) in [5, 5.41) is 14.5. The Labute approximate surface area is 331 Å². The van der Waals surface area contributed by atoms with E-state index in [4.69, 9.17) is 4.98 Å². The summed E-state index contributed by atoms with van der Waals surface area (Å²) in [5.74, 6) is 0.286. The van der Waals surface area contributed by atoms with E-state index < -0.39 is 11.6 Å². The molecule has 1 radical (unpaired) electrons. The topological polar surface area (TPSA) is 50.2 Å². The summed E-state index contributed by atoms with van der Waals surface area (Å²) in [6.07, 6.45) is 2.25. The molecular weight excluding hydrogens is 868 g/mol. The molecule has 3 aromatic carbocycles. The fourth-order valence-corrected chi connectivity index (χ4v) is 7.59. The van der Waals surface area contributed by atoms with Gasteiger partial charge in [0.25, 0.3) is 0 Å². The SMILES string of the molecule is CC(C)(C)c1cc(-c2nccc3c2sc2cc(CC(C)(C)C(F)(F)F)ccc23)[c-]c2ccccc12.CCC(C)(CC)C(=O)/C=C(\O)C(C)(CC)CC.[Ir]. The number of halogens is 3. The Kier molecular flexibility index (Phi) is 14.0. The van der Waals surface area contributed by atoms with E-state index in [-0.39, 0.29) is 54.3 Å². The van der Waals surface area contributed by atoms with Gasteiger partial charge in [-0.25, -0.2) is 0 Å². The molecule has 0 saturated heterocycles. The molecule has 1 N–H and O–H groups in total. The van der Waals surface area contributed by atoms with Crippen molar-refractivity contribution in [2.45, 2.75) is 120 Å². The number of nitrogens with zero attached hydrogens (tertiary/aromatic N) is 1. The van der Waals surface area contributed by atoms with Gasteiger partial charge in [0, 0.05) is 58.3 Å². The average molecular weight is 923 g/mol. The number of hydrogen-bond acceptors (Lipinski definition) is 4. The number of ketones is 1. The fraction of sp³-hybridized carbons (Fsp3) is 0.467. The molecule has 53 heavy (non-hydrogen) atoms. The molecule has 289 valence electrons. The van der Waals surface area contributed by atoms with E-state index in [0.717, 1.165) is 62.5 Å². The van der Waals surface area contributed by atoms with E-state index in [0.29, 0.717) is 5.56 Å². The first-order valence-electron chi connectivity index (χ1n) is 18.4. The van der Waals surface area contributed by atoms with Crippen LogP contribution in [0.15, 0.2) is 72.6 Å². The van der Waals surface area contributed by atoms with Crippen LogP contribution in [0.1, 0.15) is 113 Å². The van der Waals surface area contributed by atoms with Crippen molar-refractivity contribution in [3.63, 3.8) is 0 Å². The number of carbonyl (C=O) groups is 1. The van der Waals surface area contributed by atoms with Crippen molar-refractivity contribution in [1.82, 2.24) is 4.98 Å². The molecule has 3 nitrogen and oxygen atoms in total. The number of benzene rings is 3. The average Bonchev–Trinajstić information content (AvgIpc) is 3.47. The van der Waals surface area contributed by atoms with Gasteiger partial charge in [-0.2, -0.15) is 13.2 Å². The number of hydrogen-bond donors (Lipinski definition) is 1. The van der Waals surface area contributed by atoms with Gasteiger partial charge in [-0.1, -0.05) is 117 Å². The Bertz CT molecular complexity index is 2080. The predicted molar refractivity (Wildman–Crippen MR) is 214 cm³/mol. The van der Waals surface area contributed by atoms with E-state index in [1.807, 2.05) is 84.1 Å². The maximum Gasteiger partial charge on any atom is 0.394 e. The molecule has 2 heterocycles. The molecule has 0 bridgehead atoms. The standard InChI is InChI=1S/C30H27F3NS.C15H28O2.Ir/c1-28(2,3)24-16-20(15-19-8-6-7-9-21(19)24)26-27-23(12-13-34-26)22-11-10-18(14-25(22)35-27)17-29(4,5)30(31,32)33;1-7-14(5,8-2)12(16)11-13(17)15(6,9-3)10-4;/h6-14,16H,17H2,1-5H3;11,16H,7-10H2,1-6H3;/q-1;;/b;12-11-;. The van der Waals surface area contributed by atoms with E-state index in [1.54, 1.807) is 11.3 Å². The van der Waals surface area contributed by atoms with Crippen LogP contribution in [0.25, 0.3) is 42.2 Å². The summed E-state index contributed by atoms with van der Waals surface area (Å²) in [6, 6.07) is 21.7. The molecule has 0 aliphatic rings.